The van der Waals surface area contributed by atoms with E-state index in [9.17, 15) is 68.1 Å². The van der Waals surface area contributed by atoms with Gasteiger partial charge >= 0.3 is 23.5 Å². The fourth-order valence-electron chi connectivity index (χ4n) is 13.1. The minimum atomic E-state index is -5.60. The summed E-state index contributed by atoms with van der Waals surface area (Å²) >= 11 is 1.14. The molecule has 0 spiro atoms. The fraction of sp³-hybridized carbons (Fsp3) is 0.822. The number of nitrogens with two attached hydrogens (primary N) is 1. The Kier molecular flexibility index (Phi) is 19.0. The number of amides is 2. The maximum atomic E-state index is 13.0. The van der Waals surface area contributed by atoms with Crippen LogP contribution in [0.3, 0.4) is 0 Å². The molecule has 75 heavy (non-hydrogen) atoms. The summed E-state index contributed by atoms with van der Waals surface area (Å²) in [5, 5.41) is 49.1. The second-order valence-corrected chi connectivity index (χ2v) is 27.6. The zero-order chi connectivity index (χ0) is 55.1. The van der Waals surface area contributed by atoms with E-state index in [1.165, 1.54) is 13.8 Å². The number of hydrogen-bond acceptors (Lipinski definition) is 20. The quantitative estimate of drug-likeness (QED) is 0.0562. The number of aromatic nitrogens is 4. The average molecular weight is 1140 g/mol. The highest BCUT2D eigenvalue weighted by Crippen LogP contribution is 2.68. The van der Waals surface area contributed by atoms with E-state index in [0.29, 0.717) is 48.2 Å². The minimum absolute atomic E-state index is 0.0164. The number of aliphatic hydroxyl groups is 4. The van der Waals surface area contributed by atoms with Gasteiger partial charge < -0.3 is 61.1 Å². The summed E-state index contributed by atoms with van der Waals surface area (Å²) in [7, 11) is -16.5. The van der Waals surface area contributed by atoms with Gasteiger partial charge in [-0.25, -0.2) is 28.6 Å². The molecule has 7 rings (SSSR count). The highest BCUT2D eigenvalue weighted by molar-refractivity contribution is 8.13. The molecule has 0 radical (unpaired) electrons. The Labute approximate surface area is 438 Å². The standard InChI is InChI=1S/C45H74N7O19P3S/c1-24(28-9-10-29-27-8-7-25-18-26(53)12-14-44(25,4)30(27)19-32(54)45(28,29)5)6-11-34(56)75-17-16-47-33(55)13-15-48-41(59)38(58)43(2,3)21-68-74(65,66)71-73(63,64)67-20-31-37(70-72(60,61)62)36(57)42(69-31)52-23-51-35-39(46)49-22-50-40(35)52/h22-32,36-38,42,53-54,57-58H,6-21H2,1-5H3,(H,47,55)(H,48,59)(H,63,64)(H,65,66)(H2,46,49,50)(H2,60,61,62)/t24-,25-,26-,27+,28-,29+,30+,31-,32+,36-,37-,38+,42-,44+,45-/m1/s1. The van der Waals surface area contributed by atoms with E-state index in [1.807, 2.05) is 0 Å². The van der Waals surface area contributed by atoms with E-state index in [1.54, 1.807) is 0 Å². The topological polar surface area (TPSA) is 404 Å². The Bertz CT molecular complexity index is 2530. The van der Waals surface area contributed by atoms with Gasteiger partial charge in [0.05, 0.1) is 31.7 Å². The lowest BCUT2D eigenvalue weighted by Gasteiger charge is -2.62. The van der Waals surface area contributed by atoms with Crippen LogP contribution >= 0.6 is 35.2 Å². The van der Waals surface area contributed by atoms with Crippen molar-refractivity contribution in [3.63, 3.8) is 0 Å². The molecular formula is C45H74N7O19P3S. The molecule has 424 valence electrons. The predicted octanol–water partition coefficient (Wildman–Crippen LogP) is 3.07. The summed E-state index contributed by atoms with van der Waals surface area (Å²) in [6.45, 7) is 7.38. The van der Waals surface area contributed by atoms with Crippen LogP contribution in [-0.2, 0) is 50.7 Å². The van der Waals surface area contributed by atoms with E-state index >= 15 is 0 Å². The molecule has 30 heteroatoms. The van der Waals surface area contributed by atoms with Crippen LogP contribution in [0.1, 0.15) is 111 Å². The van der Waals surface area contributed by atoms with Crippen LogP contribution in [0.15, 0.2) is 12.7 Å². The lowest BCUT2D eigenvalue weighted by atomic mass is 9.43. The number of nitrogen functional groups attached to an aromatic ring is 1. The smallest absolute Gasteiger partial charge is 0.393 e. The minimum Gasteiger partial charge on any atom is -0.393 e. The van der Waals surface area contributed by atoms with Crippen molar-refractivity contribution in [3.05, 3.63) is 12.7 Å². The maximum Gasteiger partial charge on any atom is 0.481 e. The van der Waals surface area contributed by atoms with E-state index in [4.69, 9.17) is 19.5 Å². The van der Waals surface area contributed by atoms with Crippen molar-refractivity contribution >= 4 is 69.1 Å². The van der Waals surface area contributed by atoms with Crippen molar-refractivity contribution in [2.45, 2.75) is 148 Å². The van der Waals surface area contributed by atoms with Gasteiger partial charge in [0.15, 0.2) is 22.8 Å². The normalized spacial score (nSPS) is 34.3. The number of thioether (sulfide) groups is 1. The van der Waals surface area contributed by atoms with Gasteiger partial charge in [-0.05, 0) is 104 Å². The van der Waals surface area contributed by atoms with Crippen LogP contribution in [0.4, 0.5) is 5.82 Å². The van der Waals surface area contributed by atoms with E-state index in [2.05, 4.69) is 55.2 Å². The Balaban J connectivity index is 0.780. The molecule has 2 aromatic heterocycles. The molecule has 4 saturated carbocycles. The van der Waals surface area contributed by atoms with E-state index in [0.717, 1.165) is 80.4 Å². The molecule has 26 nitrogen and oxygen atoms in total. The summed E-state index contributed by atoms with van der Waals surface area (Å²) in [5.41, 5.74) is 4.24. The van der Waals surface area contributed by atoms with E-state index < -0.39 is 90.7 Å². The number of hydrogen-bond donors (Lipinski definition) is 11. The summed E-state index contributed by atoms with van der Waals surface area (Å²) in [6.07, 6.45) is 1.50. The third-order valence-corrected chi connectivity index (χ3v) is 21.1. The number of phosphoric acid groups is 3. The van der Waals surface area contributed by atoms with Crippen molar-refractivity contribution < 1.29 is 90.7 Å². The van der Waals surface area contributed by atoms with Crippen molar-refractivity contribution in [2.75, 3.05) is 37.8 Å². The third kappa shape index (κ3) is 13.7. The van der Waals surface area contributed by atoms with Crippen LogP contribution in [0.5, 0.6) is 0 Å². The molecule has 2 amide bonds. The van der Waals surface area contributed by atoms with E-state index in [-0.39, 0.29) is 64.5 Å². The van der Waals surface area contributed by atoms with Gasteiger partial charge in [-0.2, -0.15) is 4.31 Å². The highest BCUT2D eigenvalue weighted by atomic mass is 32.2. The summed E-state index contributed by atoms with van der Waals surface area (Å²) in [4.78, 5) is 89.7. The Morgan fingerprint density at radius 1 is 0.947 bits per heavy atom. The van der Waals surface area contributed by atoms with Crippen molar-refractivity contribution in [3.8, 4) is 0 Å². The summed E-state index contributed by atoms with van der Waals surface area (Å²) < 4.78 is 62.7. The van der Waals surface area contributed by atoms with Crippen LogP contribution in [0.2, 0.25) is 0 Å². The number of fused-ring (bicyclic) bond motifs is 6. The molecule has 12 N–H and O–H groups in total. The van der Waals surface area contributed by atoms with Gasteiger partial charge in [-0.1, -0.05) is 46.4 Å². The van der Waals surface area contributed by atoms with Crippen molar-refractivity contribution in [1.29, 1.82) is 0 Å². The Morgan fingerprint density at radius 3 is 2.39 bits per heavy atom. The van der Waals surface area contributed by atoms with Gasteiger partial charge in [0, 0.05) is 37.1 Å². The second-order valence-electron chi connectivity index (χ2n) is 22.2. The largest absolute Gasteiger partial charge is 0.481 e. The number of nitrogens with zero attached hydrogens (tertiary/aromatic N) is 4. The van der Waals surface area contributed by atoms with Gasteiger partial charge in [-0.15, -0.1) is 0 Å². The lowest BCUT2D eigenvalue weighted by molar-refractivity contribution is -0.174. The Hall–Kier alpha value is -2.52. The molecular weight excluding hydrogens is 1070 g/mol. The predicted molar refractivity (Wildman–Crippen MR) is 268 cm³/mol. The molecule has 1 saturated heterocycles. The molecule has 5 fully saturated rings. The maximum absolute atomic E-state index is 13.0. The number of nitrogens with one attached hydrogen (secondary N) is 2. The van der Waals surface area contributed by atoms with Gasteiger partial charge in [0.2, 0.25) is 11.8 Å². The lowest BCUT2D eigenvalue weighted by Crippen LogP contribution is -2.58. The van der Waals surface area contributed by atoms with Crippen LogP contribution in [0, 0.1) is 51.8 Å². The van der Waals surface area contributed by atoms with Crippen LogP contribution in [0.25, 0.3) is 11.2 Å². The molecule has 3 heterocycles. The molecule has 0 bridgehead atoms. The molecule has 4 aliphatic carbocycles. The molecule has 5 aliphatic rings. The number of anilines is 1. The van der Waals surface area contributed by atoms with Crippen molar-refractivity contribution in [2.24, 2.45) is 51.8 Å². The first-order valence-corrected chi connectivity index (χ1v) is 30.9. The molecule has 0 aromatic carbocycles. The number of carbonyl (C=O) groups excluding carboxylic acids is 3. The number of phosphoric ester groups is 3. The number of carbonyl (C=O) groups is 3. The first-order chi connectivity index (χ1) is 35.0. The molecule has 1 aliphatic heterocycles. The Morgan fingerprint density at radius 2 is 1.67 bits per heavy atom. The highest BCUT2D eigenvalue weighted by Gasteiger charge is 2.64. The number of ether oxygens (including phenoxy) is 1. The van der Waals surface area contributed by atoms with Gasteiger partial charge in [0.1, 0.15) is 36.3 Å². The number of rotatable bonds is 23. The van der Waals surface area contributed by atoms with Crippen LogP contribution in [-0.4, -0.2) is 145 Å². The van der Waals surface area contributed by atoms with Crippen LogP contribution < -0.4 is 16.4 Å². The zero-order valence-electron chi connectivity index (χ0n) is 42.7. The number of imidazole rings is 1. The number of aliphatic hydroxyl groups excluding tert-OH is 4. The third-order valence-electron chi connectivity index (χ3n) is 17.1. The average Bonchev–Trinajstić information content (AvgIpc) is 4.01. The fourth-order valence-corrected chi connectivity index (χ4v) is 16.6. The molecule has 17 atom stereocenters. The van der Waals surface area contributed by atoms with Crippen molar-refractivity contribution in [1.82, 2.24) is 30.2 Å². The van der Waals surface area contributed by atoms with Gasteiger partial charge in [-0.3, -0.25) is 32.5 Å². The summed E-state index contributed by atoms with van der Waals surface area (Å²) in [5.74, 6) is 1.47. The molecule has 2 aromatic rings. The first kappa shape index (κ1) is 60.1. The summed E-state index contributed by atoms with van der Waals surface area (Å²) in [6, 6.07) is 0. The first-order valence-electron chi connectivity index (χ1n) is 25.4. The molecule has 2 unspecified atom stereocenters. The SMILES string of the molecule is C[C@H](CCC(=O)SCCNC(=O)CCNC(=O)[C@H](O)C(C)(C)COP(=O)(O)OP(=O)(O)OC[C@H]1O[C@@H](n2cnc3c(N)ncnc32)[C@H](O)[C@@H]1OP(=O)(O)O)[C@H]1CC[C@H]2[C@@H]3CC[C@@H]4C[C@H](O)CC[C@]4(C)[C@H]3C[C@H](O)[C@]12C. The monoisotopic (exact) mass is 1140 g/mol. The zero-order valence-corrected chi connectivity index (χ0v) is 46.2. The van der Waals surface area contributed by atoms with Gasteiger partial charge in [0.25, 0.3) is 0 Å². The second kappa shape index (κ2) is 23.7.